The molecule has 19 heavy (non-hydrogen) atoms. The van der Waals surface area contributed by atoms with Crippen molar-refractivity contribution in [2.75, 3.05) is 20.6 Å². The lowest BCUT2D eigenvalue weighted by Gasteiger charge is -2.43. The van der Waals surface area contributed by atoms with Gasteiger partial charge in [0.1, 0.15) is 0 Å². The SMILES string of the molecule is CCNC(c1c(Br)cnn1C)C1(N(C)C)CCCC1. The van der Waals surface area contributed by atoms with Crippen LogP contribution in [0.25, 0.3) is 0 Å². The van der Waals surface area contributed by atoms with E-state index in [4.69, 9.17) is 0 Å². The van der Waals surface area contributed by atoms with Gasteiger partial charge in [0.25, 0.3) is 0 Å². The molecule has 0 bridgehead atoms. The minimum atomic E-state index is 0.201. The van der Waals surface area contributed by atoms with Crippen LogP contribution < -0.4 is 5.32 Å². The number of nitrogens with one attached hydrogen (secondary N) is 1. The van der Waals surface area contributed by atoms with Crippen molar-refractivity contribution < 1.29 is 0 Å². The van der Waals surface area contributed by atoms with Crippen LogP contribution in [0.15, 0.2) is 10.7 Å². The topological polar surface area (TPSA) is 33.1 Å². The van der Waals surface area contributed by atoms with Crippen LogP contribution in [0.4, 0.5) is 0 Å². The molecule has 1 N–H and O–H groups in total. The summed E-state index contributed by atoms with van der Waals surface area (Å²) in [6.07, 6.45) is 7.02. The number of nitrogens with zero attached hydrogens (tertiary/aromatic N) is 3. The molecule has 108 valence electrons. The summed E-state index contributed by atoms with van der Waals surface area (Å²) in [7, 11) is 6.45. The summed E-state index contributed by atoms with van der Waals surface area (Å²) in [5, 5.41) is 8.09. The highest BCUT2D eigenvalue weighted by atomic mass is 79.9. The molecule has 0 spiro atoms. The number of rotatable bonds is 5. The molecule has 1 fully saturated rings. The Morgan fingerprint density at radius 1 is 1.47 bits per heavy atom. The highest BCUT2D eigenvalue weighted by molar-refractivity contribution is 9.10. The van der Waals surface area contributed by atoms with Crippen molar-refractivity contribution in [3.05, 3.63) is 16.4 Å². The van der Waals surface area contributed by atoms with Gasteiger partial charge in [-0.15, -0.1) is 0 Å². The minimum Gasteiger partial charge on any atom is -0.307 e. The Labute approximate surface area is 124 Å². The molecule has 1 aliphatic carbocycles. The molecule has 0 aliphatic heterocycles. The van der Waals surface area contributed by atoms with Crippen LogP contribution in [-0.4, -0.2) is 40.9 Å². The van der Waals surface area contributed by atoms with Gasteiger partial charge in [0.05, 0.1) is 22.4 Å². The first-order valence-corrected chi connectivity index (χ1v) is 7.90. The molecule has 0 saturated heterocycles. The van der Waals surface area contributed by atoms with Crippen molar-refractivity contribution in [2.24, 2.45) is 7.05 Å². The molecule has 1 atom stereocenters. The fourth-order valence-corrected chi connectivity index (χ4v) is 4.05. The van der Waals surface area contributed by atoms with Crippen molar-refractivity contribution in [1.29, 1.82) is 0 Å². The van der Waals surface area contributed by atoms with Crippen LogP contribution in [0, 0.1) is 0 Å². The van der Waals surface area contributed by atoms with E-state index in [2.05, 4.69) is 52.3 Å². The van der Waals surface area contributed by atoms with E-state index in [0.29, 0.717) is 6.04 Å². The Morgan fingerprint density at radius 2 is 2.11 bits per heavy atom. The van der Waals surface area contributed by atoms with Crippen LogP contribution in [0.2, 0.25) is 0 Å². The van der Waals surface area contributed by atoms with E-state index in [1.807, 2.05) is 17.9 Å². The average Bonchev–Trinajstić information content (AvgIpc) is 2.96. The van der Waals surface area contributed by atoms with Crippen LogP contribution in [-0.2, 0) is 7.05 Å². The van der Waals surface area contributed by atoms with E-state index in [1.165, 1.54) is 31.4 Å². The van der Waals surface area contributed by atoms with Crippen LogP contribution in [0.5, 0.6) is 0 Å². The molecule has 1 heterocycles. The number of hydrogen-bond donors (Lipinski definition) is 1. The quantitative estimate of drug-likeness (QED) is 0.902. The Bertz CT molecular complexity index is 402. The number of hydrogen-bond acceptors (Lipinski definition) is 3. The molecular formula is C14H25BrN4. The highest BCUT2D eigenvalue weighted by Crippen LogP contribution is 2.44. The Hall–Kier alpha value is -0.390. The summed E-state index contributed by atoms with van der Waals surface area (Å²) >= 11 is 3.67. The summed E-state index contributed by atoms with van der Waals surface area (Å²) in [6.45, 7) is 3.15. The number of aromatic nitrogens is 2. The molecule has 0 amide bonds. The first-order valence-electron chi connectivity index (χ1n) is 7.11. The zero-order chi connectivity index (χ0) is 14.0. The lowest BCUT2D eigenvalue weighted by Crippen LogP contribution is -2.52. The van der Waals surface area contributed by atoms with E-state index < -0.39 is 0 Å². The largest absolute Gasteiger partial charge is 0.307 e. The summed E-state index contributed by atoms with van der Waals surface area (Å²) in [5.74, 6) is 0. The zero-order valence-corrected chi connectivity index (χ0v) is 14.0. The van der Waals surface area contributed by atoms with Gasteiger partial charge in [-0.05, 0) is 49.4 Å². The lowest BCUT2D eigenvalue weighted by molar-refractivity contribution is 0.101. The fourth-order valence-electron chi connectivity index (χ4n) is 3.47. The van der Waals surface area contributed by atoms with Gasteiger partial charge in [-0.3, -0.25) is 4.68 Å². The third kappa shape index (κ3) is 2.60. The van der Waals surface area contributed by atoms with Gasteiger partial charge in [0, 0.05) is 12.6 Å². The molecule has 1 unspecified atom stereocenters. The zero-order valence-electron chi connectivity index (χ0n) is 12.4. The third-order valence-corrected chi connectivity index (χ3v) is 5.13. The normalized spacial score (nSPS) is 20.1. The molecule has 2 rings (SSSR count). The minimum absolute atomic E-state index is 0.201. The third-order valence-electron chi connectivity index (χ3n) is 4.52. The molecule has 1 saturated carbocycles. The summed E-state index contributed by atoms with van der Waals surface area (Å²) in [6, 6.07) is 0.317. The fraction of sp³-hybridized carbons (Fsp3) is 0.786. The number of halogens is 1. The maximum absolute atomic E-state index is 4.39. The van der Waals surface area contributed by atoms with Gasteiger partial charge < -0.3 is 10.2 Å². The Kier molecular flexibility index (Phi) is 4.69. The van der Waals surface area contributed by atoms with Gasteiger partial charge in [0.15, 0.2) is 0 Å². The second kappa shape index (κ2) is 5.94. The lowest BCUT2D eigenvalue weighted by atomic mass is 9.84. The summed E-state index contributed by atoms with van der Waals surface area (Å²) in [5.41, 5.74) is 1.46. The molecule has 0 radical (unpaired) electrons. The number of likely N-dealkylation sites (N-methyl/N-ethyl adjacent to an activating group) is 2. The maximum atomic E-state index is 4.39. The van der Waals surface area contributed by atoms with E-state index in [-0.39, 0.29) is 5.54 Å². The average molecular weight is 329 g/mol. The van der Waals surface area contributed by atoms with Crippen molar-refractivity contribution in [1.82, 2.24) is 20.0 Å². The van der Waals surface area contributed by atoms with Gasteiger partial charge in [-0.2, -0.15) is 5.10 Å². The van der Waals surface area contributed by atoms with E-state index in [1.54, 1.807) is 0 Å². The van der Waals surface area contributed by atoms with Gasteiger partial charge in [-0.25, -0.2) is 0 Å². The standard InChI is InChI=1S/C14H25BrN4/c1-5-16-13(12-11(15)10-17-19(12)4)14(18(2)3)8-6-7-9-14/h10,13,16H,5-9H2,1-4H3. The van der Waals surface area contributed by atoms with Gasteiger partial charge in [-0.1, -0.05) is 19.8 Å². The first-order chi connectivity index (χ1) is 9.03. The smallest absolute Gasteiger partial charge is 0.0711 e. The monoisotopic (exact) mass is 328 g/mol. The second-order valence-corrected chi connectivity index (χ2v) is 6.55. The molecule has 1 aliphatic rings. The molecule has 1 aromatic heterocycles. The van der Waals surface area contributed by atoms with Crippen LogP contribution in [0.1, 0.15) is 44.3 Å². The second-order valence-electron chi connectivity index (χ2n) is 5.70. The van der Waals surface area contributed by atoms with Crippen LogP contribution >= 0.6 is 15.9 Å². The van der Waals surface area contributed by atoms with Crippen molar-refractivity contribution >= 4 is 15.9 Å². The summed E-state index contributed by atoms with van der Waals surface area (Å²) < 4.78 is 3.11. The van der Waals surface area contributed by atoms with Crippen molar-refractivity contribution in [3.8, 4) is 0 Å². The highest BCUT2D eigenvalue weighted by Gasteiger charge is 2.45. The predicted molar refractivity (Wildman–Crippen MR) is 82.2 cm³/mol. The van der Waals surface area contributed by atoms with Crippen molar-refractivity contribution in [3.63, 3.8) is 0 Å². The van der Waals surface area contributed by atoms with E-state index in [0.717, 1.165) is 11.0 Å². The van der Waals surface area contributed by atoms with Gasteiger partial charge in [0.2, 0.25) is 0 Å². The summed E-state index contributed by atoms with van der Waals surface area (Å²) in [4.78, 5) is 2.41. The molecule has 5 heteroatoms. The Balaban J connectivity index is 2.44. The van der Waals surface area contributed by atoms with E-state index in [9.17, 15) is 0 Å². The Morgan fingerprint density at radius 3 is 2.53 bits per heavy atom. The number of aryl methyl sites for hydroxylation is 1. The molecule has 1 aromatic rings. The van der Waals surface area contributed by atoms with Crippen LogP contribution in [0.3, 0.4) is 0 Å². The molecule has 4 nitrogen and oxygen atoms in total. The van der Waals surface area contributed by atoms with Gasteiger partial charge >= 0.3 is 0 Å². The van der Waals surface area contributed by atoms with Crippen molar-refractivity contribution in [2.45, 2.75) is 44.2 Å². The maximum Gasteiger partial charge on any atom is 0.0711 e. The van der Waals surface area contributed by atoms with E-state index >= 15 is 0 Å². The predicted octanol–water partition coefficient (Wildman–Crippen LogP) is 2.71. The molecule has 0 aromatic carbocycles. The molecular weight excluding hydrogens is 304 g/mol. The first kappa shape index (κ1) is 15.0.